The number of aliphatic hydroxyl groups is 1. The van der Waals surface area contributed by atoms with Gasteiger partial charge in [0.05, 0.1) is 10.8 Å². The molecule has 1 fully saturated rings. The first kappa shape index (κ1) is 21.1. The van der Waals surface area contributed by atoms with Crippen molar-refractivity contribution in [3.63, 3.8) is 0 Å². The van der Waals surface area contributed by atoms with Gasteiger partial charge in [0.2, 0.25) is 10.0 Å². The van der Waals surface area contributed by atoms with Gasteiger partial charge in [0, 0.05) is 32.7 Å². The number of hydrogen-bond donors (Lipinski definition) is 1. The highest BCUT2D eigenvalue weighted by molar-refractivity contribution is 7.88. The molecule has 152 valence electrons. The fourth-order valence-corrected chi connectivity index (χ4v) is 4.87. The van der Waals surface area contributed by atoms with E-state index in [2.05, 4.69) is 4.90 Å². The molecule has 0 aromatic heterocycles. The molecule has 1 heterocycles. The van der Waals surface area contributed by atoms with Crippen molar-refractivity contribution < 1.29 is 18.3 Å². The molecule has 1 aliphatic heterocycles. The van der Waals surface area contributed by atoms with E-state index in [0.29, 0.717) is 43.5 Å². The first-order chi connectivity index (χ1) is 13.4. The lowest BCUT2D eigenvalue weighted by molar-refractivity contribution is 0.0569. The van der Waals surface area contributed by atoms with Gasteiger partial charge >= 0.3 is 0 Å². The molecule has 6 nitrogen and oxygen atoms in total. The number of piperazine rings is 1. The Morgan fingerprint density at radius 2 is 1.64 bits per heavy atom. The van der Waals surface area contributed by atoms with Gasteiger partial charge in [0.1, 0.15) is 18.5 Å². The number of rotatable bonds is 8. The van der Waals surface area contributed by atoms with Crippen LogP contribution in [0.2, 0.25) is 5.02 Å². The Kier molecular flexibility index (Phi) is 7.31. The second-order valence-corrected chi connectivity index (χ2v) is 9.21. The molecule has 1 aliphatic rings. The van der Waals surface area contributed by atoms with Crippen molar-refractivity contribution in [1.82, 2.24) is 9.21 Å². The van der Waals surface area contributed by atoms with E-state index in [0.717, 1.165) is 5.56 Å². The third-order valence-electron chi connectivity index (χ3n) is 4.65. The average Bonchev–Trinajstić information content (AvgIpc) is 2.68. The minimum Gasteiger partial charge on any atom is -0.489 e. The van der Waals surface area contributed by atoms with Gasteiger partial charge in [-0.25, -0.2) is 8.42 Å². The number of sulfonamides is 1. The Labute approximate surface area is 171 Å². The summed E-state index contributed by atoms with van der Waals surface area (Å²) in [5, 5.41) is 10.7. The van der Waals surface area contributed by atoms with E-state index in [-0.39, 0.29) is 12.4 Å². The van der Waals surface area contributed by atoms with Crippen LogP contribution in [-0.4, -0.2) is 68.2 Å². The molecule has 2 aromatic carbocycles. The zero-order valence-electron chi connectivity index (χ0n) is 15.6. The highest BCUT2D eigenvalue weighted by Crippen LogP contribution is 2.23. The third-order valence-corrected chi connectivity index (χ3v) is 6.82. The molecule has 8 heteroatoms. The third kappa shape index (κ3) is 5.93. The smallest absolute Gasteiger partial charge is 0.218 e. The minimum absolute atomic E-state index is 0.0160. The van der Waals surface area contributed by atoms with Crippen LogP contribution in [-0.2, 0) is 15.8 Å². The van der Waals surface area contributed by atoms with Crippen LogP contribution in [0.1, 0.15) is 5.56 Å². The number of nitrogens with zero attached hydrogens (tertiary/aromatic N) is 2. The Hall–Kier alpha value is -1.64. The van der Waals surface area contributed by atoms with E-state index in [1.807, 2.05) is 42.5 Å². The van der Waals surface area contributed by atoms with Crippen LogP contribution in [0.3, 0.4) is 0 Å². The predicted octanol–water partition coefficient (Wildman–Crippen LogP) is 2.23. The van der Waals surface area contributed by atoms with Crippen LogP contribution in [0.15, 0.2) is 54.6 Å². The van der Waals surface area contributed by atoms with Crippen LogP contribution >= 0.6 is 11.6 Å². The van der Waals surface area contributed by atoms with E-state index in [1.165, 1.54) is 4.31 Å². The number of β-amino-alcohol motifs (C(OH)–C–C–N with tert-alkyl or cyclic N) is 1. The van der Waals surface area contributed by atoms with Gasteiger partial charge in [0.15, 0.2) is 0 Å². The lowest BCUT2D eigenvalue weighted by Gasteiger charge is -2.34. The van der Waals surface area contributed by atoms with Crippen molar-refractivity contribution in [2.45, 2.75) is 11.9 Å². The maximum absolute atomic E-state index is 12.6. The zero-order chi connectivity index (χ0) is 20.0. The van der Waals surface area contributed by atoms with Crippen molar-refractivity contribution >= 4 is 21.6 Å². The van der Waals surface area contributed by atoms with Crippen molar-refractivity contribution in [1.29, 1.82) is 0 Å². The van der Waals surface area contributed by atoms with E-state index in [1.54, 1.807) is 12.1 Å². The molecule has 0 spiro atoms. The van der Waals surface area contributed by atoms with Gasteiger partial charge in [-0.15, -0.1) is 0 Å². The van der Waals surface area contributed by atoms with E-state index < -0.39 is 16.1 Å². The molecule has 1 N–H and O–H groups in total. The summed E-state index contributed by atoms with van der Waals surface area (Å²) in [4.78, 5) is 2.05. The topological polar surface area (TPSA) is 70.1 Å². The molecule has 2 aromatic rings. The summed E-state index contributed by atoms with van der Waals surface area (Å²) in [6, 6.07) is 16.3. The van der Waals surface area contributed by atoms with Crippen molar-refractivity contribution in [3.05, 3.63) is 65.2 Å². The number of halogens is 1. The van der Waals surface area contributed by atoms with Gasteiger partial charge in [-0.1, -0.05) is 54.1 Å². The summed E-state index contributed by atoms with van der Waals surface area (Å²) in [5.74, 6) is 0.558. The van der Waals surface area contributed by atoms with E-state index >= 15 is 0 Å². The summed E-state index contributed by atoms with van der Waals surface area (Å²) in [5.41, 5.74) is 0.789. The number of ether oxygens (including phenoxy) is 1. The largest absolute Gasteiger partial charge is 0.489 e. The SMILES string of the molecule is O=S(=O)(Cc1ccccc1)N1CCN(CC(O)COc2ccccc2Cl)CC1. The fraction of sp³-hybridized carbons (Fsp3) is 0.400. The summed E-state index contributed by atoms with van der Waals surface area (Å²) in [6.45, 7) is 2.57. The van der Waals surface area contributed by atoms with E-state index in [9.17, 15) is 13.5 Å². The number of para-hydroxylation sites is 1. The summed E-state index contributed by atoms with van der Waals surface area (Å²) >= 11 is 6.04. The van der Waals surface area contributed by atoms with Gasteiger partial charge in [-0.2, -0.15) is 4.31 Å². The number of benzene rings is 2. The molecule has 1 unspecified atom stereocenters. The van der Waals surface area contributed by atoms with Crippen LogP contribution < -0.4 is 4.74 Å². The van der Waals surface area contributed by atoms with Crippen LogP contribution in [0.5, 0.6) is 5.75 Å². The Morgan fingerprint density at radius 3 is 2.32 bits per heavy atom. The van der Waals surface area contributed by atoms with Gasteiger partial charge in [0.25, 0.3) is 0 Å². The maximum atomic E-state index is 12.6. The quantitative estimate of drug-likeness (QED) is 0.703. The lowest BCUT2D eigenvalue weighted by Crippen LogP contribution is -2.51. The van der Waals surface area contributed by atoms with Crippen molar-refractivity contribution in [2.75, 3.05) is 39.3 Å². The molecular formula is C20H25ClN2O4S. The fourth-order valence-electron chi connectivity index (χ4n) is 3.16. The molecule has 3 rings (SSSR count). The van der Waals surface area contributed by atoms with Crippen LogP contribution in [0, 0.1) is 0 Å². The standard InChI is InChI=1S/C20H25ClN2O4S/c21-19-8-4-5-9-20(19)27-15-18(24)14-22-10-12-23(13-11-22)28(25,26)16-17-6-2-1-3-7-17/h1-9,18,24H,10-16H2. The number of hydrogen-bond acceptors (Lipinski definition) is 5. The zero-order valence-corrected chi connectivity index (χ0v) is 17.1. The normalized spacial score (nSPS) is 17.4. The lowest BCUT2D eigenvalue weighted by atomic mass is 10.2. The second-order valence-electron chi connectivity index (χ2n) is 6.84. The van der Waals surface area contributed by atoms with Gasteiger partial charge < -0.3 is 9.84 Å². The van der Waals surface area contributed by atoms with Crippen molar-refractivity contribution in [2.24, 2.45) is 0 Å². The first-order valence-electron chi connectivity index (χ1n) is 9.23. The van der Waals surface area contributed by atoms with Crippen molar-refractivity contribution in [3.8, 4) is 5.75 Å². The Balaban J connectivity index is 1.44. The summed E-state index contributed by atoms with van der Waals surface area (Å²) < 4.78 is 32.3. The summed E-state index contributed by atoms with van der Waals surface area (Å²) in [6.07, 6.45) is -0.677. The van der Waals surface area contributed by atoms with Crippen LogP contribution in [0.4, 0.5) is 0 Å². The highest BCUT2D eigenvalue weighted by atomic mass is 35.5. The minimum atomic E-state index is -3.33. The second kappa shape index (κ2) is 9.71. The molecule has 28 heavy (non-hydrogen) atoms. The molecule has 1 atom stereocenters. The average molecular weight is 425 g/mol. The molecular weight excluding hydrogens is 400 g/mol. The Bertz CT molecular complexity index is 856. The van der Waals surface area contributed by atoms with Gasteiger partial charge in [-0.3, -0.25) is 4.90 Å². The van der Waals surface area contributed by atoms with Gasteiger partial charge in [-0.05, 0) is 17.7 Å². The predicted molar refractivity (Wildman–Crippen MR) is 110 cm³/mol. The molecule has 1 saturated heterocycles. The highest BCUT2D eigenvalue weighted by Gasteiger charge is 2.27. The monoisotopic (exact) mass is 424 g/mol. The molecule has 0 radical (unpaired) electrons. The summed E-state index contributed by atoms with van der Waals surface area (Å²) in [7, 11) is -3.33. The van der Waals surface area contributed by atoms with Crippen LogP contribution in [0.25, 0.3) is 0 Å². The molecule has 0 amide bonds. The van der Waals surface area contributed by atoms with E-state index in [4.69, 9.17) is 16.3 Å². The Morgan fingerprint density at radius 1 is 1.00 bits per heavy atom. The molecule has 0 aliphatic carbocycles. The maximum Gasteiger partial charge on any atom is 0.218 e. The molecule has 0 bridgehead atoms. The molecule has 0 saturated carbocycles. The first-order valence-corrected chi connectivity index (χ1v) is 11.2. The number of aliphatic hydroxyl groups excluding tert-OH is 1.